The lowest BCUT2D eigenvalue weighted by Gasteiger charge is -2.27. The van der Waals surface area contributed by atoms with Gasteiger partial charge >= 0.3 is 5.97 Å². The average molecular weight is 366 g/mol. The van der Waals surface area contributed by atoms with Gasteiger partial charge < -0.3 is 15.2 Å². The summed E-state index contributed by atoms with van der Waals surface area (Å²) in [7, 11) is 0. The standard InChI is InChI=1S/C19H14N2O4S/c22-16(23)9-11-10-26-19(20-11)21-18(24)17-12-5-1-3-7-14(12)25-15-8-4-2-6-13(15)17/h1-8,10,17H,9H2,(H,22,23)(H,20,21,24). The predicted octanol–water partition coefficient (Wildman–Crippen LogP) is 3.65. The van der Waals surface area contributed by atoms with E-state index < -0.39 is 11.9 Å². The molecule has 2 N–H and O–H groups in total. The Morgan fingerprint density at radius 3 is 2.31 bits per heavy atom. The summed E-state index contributed by atoms with van der Waals surface area (Å²) in [6, 6.07) is 14.9. The van der Waals surface area contributed by atoms with Gasteiger partial charge in [-0.05, 0) is 12.1 Å². The van der Waals surface area contributed by atoms with E-state index in [0.29, 0.717) is 22.3 Å². The summed E-state index contributed by atoms with van der Waals surface area (Å²) < 4.78 is 5.90. The third-order valence-corrected chi connectivity index (χ3v) is 4.86. The molecule has 2 heterocycles. The molecule has 6 nitrogen and oxygen atoms in total. The highest BCUT2D eigenvalue weighted by atomic mass is 32.1. The van der Waals surface area contributed by atoms with Crippen molar-refractivity contribution in [1.82, 2.24) is 4.98 Å². The van der Waals surface area contributed by atoms with Crippen molar-refractivity contribution in [3.8, 4) is 11.5 Å². The van der Waals surface area contributed by atoms with Crippen LogP contribution in [0, 0.1) is 0 Å². The number of rotatable bonds is 4. The van der Waals surface area contributed by atoms with E-state index in [9.17, 15) is 9.59 Å². The fourth-order valence-corrected chi connectivity index (χ4v) is 3.68. The topological polar surface area (TPSA) is 88.5 Å². The third-order valence-electron chi connectivity index (χ3n) is 4.06. The first-order valence-corrected chi connectivity index (χ1v) is 8.82. The molecule has 7 heteroatoms. The molecule has 1 aliphatic rings. The number of thiazole rings is 1. The zero-order valence-electron chi connectivity index (χ0n) is 13.5. The van der Waals surface area contributed by atoms with Crippen molar-refractivity contribution < 1.29 is 19.4 Å². The Kier molecular flexibility index (Phi) is 4.14. The van der Waals surface area contributed by atoms with Crippen LogP contribution in [-0.2, 0) is 16.0 Å². The molecule has 0 aliphatic carbocycles. The molecular weight excluding hydrogens is 352 g/mol. The van der Waals surface area contributed by atoms with E-state index in [0.717, 1.165) is 11.1 Å². The monoisotopic (exact) mass is 366 g/mol. The number of carboxylic acids is 1. The minimum atomic E-state index is -0.958. The maximum Gasteiger partial charge on any atom is 0.309 e. The van der Waals surface area contributed by atoms with Gasteiger partial charge in [0.15, 0.2) is 5.13 Å². The van der Waals surface area contributed by atoms with Crippen molar-refractivity contribution in [2.45, 2.75) is 12.3 Å². The fraction of sp³-hybridized carbons (Fsp3) is 0.105. The van der Waals surface area contributed by atoms with Gasteiger partial charge in [-0.25, -0.2) is 4.98 Å². The van der Waals surface area contributed by atoms with Gasteiger partial charge in [-0.15, -0.1) is 11.3 Å². The van der Waals surface area contributed by atoms with Crippen LogP contribution in [0.1, 0.15) is 22.7 Å². The summed E-state index contributed by atoms with van der Waals surface area (Å²) in [6.45, 7) is 0. The van der Waals surface area contributed by atoms with Crippen LogP contribution in [0.15, 0.2) is 53.9 Å². The van der Waals surface area contributed by atoms with Crippen LogP contribution in [0.4, 0.5) is 5.13 Å². The molecule has 2 aromatic carbocycles. The zero-order chi connectivity index (χ0) is 18.1. The molecule has 0 bridgehead atoms. The van der Waals surface area contributed by atoms with E-state index in [-0.39, 0.29) is 12.3 Å². The minimum absolute atomic E-state index is 0.171. The maximum atomic E-state index is 13.0. The predicted molar refractivity (Wildman–Crippen MR) is 96.9 cm³/mol. The Bertz CT molecular complexity index is 953. The van der Waals surface area contributed by atoms with Crippen LogP contribution in [-0.4, -0.2) is 22.0 Å². The van der Waals surface area contributed by atoms with Gasteiger partial charge in [-0.3, -0.25) is 9.59 Å². The first kappa shape index (κ1) is 16.3. The number of carbonyl (C=O) groups is 2. The van der Waals surface area contributed by atoms with Crippen LogP contribution < -0.4 is 10.1 Å². The number of para-hydroxylation sites is 2. The molecule has 0 atom stereocenters. The normalized spacial score (nSPS) is 12.6. The number of ether oxygens (including phenoxy) is 1. The second kappa shape index (κ2) is 6.61. The van der Waals surface area contributed by atoms with Gasteiger partial charge in [0, 0.05) is 16.5 Å². The third kappa shape index (κ3) is 3.04. The van der Waals surface area contributed by atoms with E-state index in [4.69, 9.17) is 9.84 Å². The van der Waals surface area contributed by atoms with Crippen molar-refractivity contribution in [3.05, 3.63) is 70.7 Å². The molecule has 3 aromatic rings. The highest BCUT2D eigenvalue weighted by Gasteiger charge is 2.32. The summed E-state index contributed by atoms with van der Waals surface area (Å²) in [4.78, 5) is 28.0. The Labute approximate surface area is 153 Å². The highest BCUT2D eigenvalue weighted by Crippen LogP contribution is 2.44. The zero-order valence-corrected chi connectivity index (χ0v) is 14.3. The van der Waals surface area contributed by atoms with E-state index in [1.807, 2.05) is 48.5 Å². The number of benzene rings is 2. The summed E-state index contributed by atoms with van der Waals surface area (Å²) in [6.07, 6.45) is -0.171. The number of aliphatic carboxylic acids is 1. The lowest BCUT2D eigenvalue weighted by molar-refractivity contribution is -0.136. The number of carbonyl (C=O) groups excluding carboxylic acids is 1. The molecule has 1 aliphatic heterocycles. The lowest BCUT2D eigenvalue weighted by Crippen LogP contribution is -2.25. The van der Waals surface area contributed by atoms with Crippen molar-refractivity contribution >= 4 is 28.3 Å². The van der Waals surface area contributed by atoms with Gasteiger partial charge in [0.1, 0.15) is 11.5 Å². The summed E-state index contributed by atoms with van der Waals surface area (Å²) in [5, 5.41) is 13.7. The SMILES string of the molecule is O=C(O)Cc1csc(NC(=O)C2c3ccccc3Oc3ccccc32)n1. The van der Waals surface area contributed by atoms with Gasteiger partial charge in [-0.2, -0.15) is 0 Å². The average Bonchev–Trinajstić information content (AvgIpc) is 3.05. The number of nitrogens with zero attached hydrogens (tertiary/aromatic N) is 1. The molecular formula is C19H14N2O4S. The van der Waals surface area contributed by atoms with Gasteiger partial charge in [-0.1, -0.05) is 36.4 Å². The summed E-state index contributed by atoms with van der Waals surface area (Å²) in [5.41, 5.74) is 1.99. The summed E-state index contributed by atoms with van der Waals surface area (Å²) in [5.74, 6) is -0.415. The Balaban J connectivity index is 1.65. The molecule has 0 unspecified atom stereocenters. The van der Waals surface area contributed by atoms with Crippen LogP contribution in [0.25, 0.3) is 0 Å². The number of carboxylic acid groups (broad SMARTS) is 1. The largest absolute Gasteiger partial charge is 0.481 e. The number of hydrogen-bond acceptors (Lipinski definition) is 5. The number of hydrogen-bond donors (Lipinski definition) is 2. The van der Waals surface area contributed by atoms with Crippen LogP contribution in [0.3, 0.4) is 0 Å². The van der Waals surface area contributed by atoms with Crippen LogP contribution >= 0.6 is 11.3 Å². The van der Waals surface area contributed by atoms with E-state index >= 15 is 0 Å². The minimum Gasteiger partial charge on any atom is -0.481 e. The second-order valence-corrected chi connectivity index (χ2v) is 6.67. The van der Waals surface area contributed by atoms with Crippen molar-refractivity contribution in [1.29, 1.82) is 0 Å². The summed E-state index contributed by atoms with van der Waals surface area (Å²) >= 11 is 1.21. The van der Waals surface area contributed by atoms with E-state index in [2.05, 4.69) is 10.3 Å². The Hall–Kier alpha value is -3.19. The number of anilines is 1. The first-order chi connectivity index (χ1) is 12.6. The molecule has 0 radical (unpaired) electrons. The lowest BCUT2D eigenvalue weighted by atomic mass is 9.87. The van der Waals surface area contributed by atoms with Crippen LogP contribution in [0.2, 0.25) is 0 Å². The molecule has 0 saturated heterocycles. The quantitative estimate of drug-likeness (QED) is 0.736. The number of fused-ring (bicyclic) bond motifs is 2. The van der Waals surface area contributed by atoms with Gasteiger partial charge in [0.05, 0.1) is 18.0 Å². The molecule has 1 aromatic heterocycles. The number of nitrogens with one attached hydrogen (secondary N) is 1. The van der Waals surface area contributed by atoms with Crippen molar-refractivity contribution in [2.24, 2.45) is 0 Å². The van der Waals surface area contributed by atoms with Gasteiger partial charge in [0.2, 0.25) is 5.91 Å². The second-order valence-electron chi connectivity index (χ2n) is 5.81. The molecule has 26 heavy (non-hydrogen) atoms. The Morgan fingerprint density at radius 1 is 1.08 bits per heavy atom. The fourth-order valence-electron chi connectivity index (χ4n) is 2.97. The van der Waals surface area contributed by atoms with Crippen molar-refractivity contribution in [3.63, 3.8) is 0 Å². The molecule has 0 saturated carbocycles. The maximum absolute atomic E-state index is 13.0. The number of aromatic nitrogens is 1. The Morgan fingerprint density at radius 2 is 1.69 bits per heavy atom. The smallest absolute Gasteiger partial charge is 0.309 e. The van der Waals surface area contributed by atoms with E-state index in [1.165, 1.54) is 11.3 Å². The van der Waals surface area contributed by atoms with Gasteiger partial charge in [0.25, 0.3) is 0 Å². The molecule has 1 amide bonds. The molecule has 0 spiro atoms. The highest BCUT2D eigenvalue weighted by molar-refractivity contribution is 7.13. The van der Waals surface area contributed by atoms with Crippen LogP contribution in [0.5, 0.6) is 11.5 Å². The number of amides is 1. The molecule has 4 rings (SSSR count). The van der Waals surface area contributed by atoms with E-state index in [1.54, 1.807) is 5.38 Å². The first-order valence-electron chi connectivity index (χ1n) is 7.94. The molecule has 130 valence electrons. The van der Waals surface area contributed by atoms with Crippen molar-refractivity contribution in [2.75, 3.05) is 5.32 Å². The molecule has 0 fully saturated rings.